The minimum Gasteiger partial charge on any atom is -0.366 e. The van der Waals surface area contributed by atoms with Gasteiger partial charge in [0, 0.05) is 36.9 Å². The van der Waals surface area contributed by atoms with E-state index in [0.717, 1.165) is 30.8 Å². The normalized spacial score (nSPS) is 23.2. The summed E-state index contributed by atoms with van der Waals surface area (Å²) in [6.45, 7) is 4.31. The number of aromatic nitrogens is 1. The van der Waals surface area contributed by atoms with Crippen molar-refractivity contribution < 1.29 is 0 Å². The van der Waals surface area contributed by atoms with E-state index in [9.17, 15) is 4.79 Å². The van der Waals surface area contributed by atoms with E-state index in [1.807, 2.05) is 6.07 Å². The predicted molar refractivity (Wildman–Crippen MR) is 89.4 cm³/mol. The summed E-state index contributed by atoms with van der Waals surface area (Å²) in [5.41, 5.74) is 4.46. The highest BCUT2D eigenvalue weighted by molar-refractivity contribution is 5.66. The lowest BCUT2D eigenvalue weighted by Crippen LogP contribution is -2.43. The summed E-state index contributed by atoms with van der Waals surface area (Å²) in [7, 11) is 0. The largest absolute Gasteiger partial charge is 0.366 e. The van der Waals surface area contributed by atoms with Crippen molar-refractivity contribution in [2.75, 3.05) is 18.0 Å². The van der Waals surface area contributed by atoms with Gasteiger partial charge in [0.05, 0.1) is 5.69 Å². The molecule has 22 heavy (non-hydrogen) atoms. The lowest BCUT2D eigenvalue weighted by Gasteiger charge is -2.29. The number of aryl methyl sites for hydroxylation is 1. The van der Waals surface area contributed by atoms with E-state index in [0.29, 0.717) is 12.1 Å². The average molecular weight is 295 g/mol. The Morgan fingerprint density at radius 3 is 2.64 bits per heavy atom. The molecule has 2 N–H and O–H groups in total. The third-order valence-corrected chi connectivity index (χ3v) is 4.93. The second kappa shape index (κ2) is 5.29. The first-order valence-corrected chi connectivity index (χ1v) is 8.07. The minimum absolute atomic E-state index is 0.0424. The zero-order valence-corrected chi connectivity index (χ0v) is 12.8. The molecule has 0 amide bonds. The van der Waals surface area contributed by atoms with Gasteiger partial charge in [-0.25, -0.2) is 0 Å². The molecule has 1 aromatic carbocycles. The molecule has 2 aliphatic heterocycles. The van der Waals surface area contributed by atoms with Gasteiger partial charge < -0.3 is 15.2 Å². The van der Waals surface area contributed by atoms with Crippen LogP contribution in [-0.2, 0) is 6.42 Å². The van der Waals surface area contributed by atoms with Gasteiger partial charge >= 0.3 is 0 Å². The molecule has 2 bridgehead atoms. The SMILES string of the molecule is CCc1ccc(=O)[nH]c1-c1ccc(N2CC3CC2CN3)cc1. The van der Waals surface area contributed by atoms with Crippen molar-refractivity contribution in [1.29, 1.82) is 0 Å². The Bertz CT molecular complexity index is 735. The second-order valence-electron chi connectivity index (χ2n) is 6.27. The van der Waals surface area contributed by atoms with Gasteiger partial charge in [0.15, 0.2) is 0 Å². The highest BCUT2D eigenvalue weighted by Gasteiger charge is 2.37. The molecular formula is C18H21N3O. The van der Waals surface area contributed by atoms with Crippen molar-refractivity contribution in [1.82, 2.24) is 10.3 Å². The first kappa shape index (κ1) is 13.6. The number of fused-ring (bicyclic) bond motifs is 2. The van der Waals surface area contributed by atoms with Crippen LogP contribution in [0.3, 0.4) is 0 Å². The maximum atomic E-state index is 11.6. The first-order valence-electron chi connectivity index (χ1n) is 8.07. The lowest BCUT2D eigenvalue weighted by molar-refractivity contribution is 0.580. The predicted octanol–water partition coefficient (Wildman–Crippen LogP) is 2.15. The van der Waals surface area contributed by atoms with Crippen LogP contribution in [0.15, 0.2) is 41.2 Å². The van der Waals surface area contributed by atoms with Crippen LogP contribution in [0.1, 0.15) is 18.9 Å². The number of H-pyrrole nitrogens is 1. The van der Waals surface area contributed by atoms with Crippen molar-refractivity contribution in [3.05, 3.63) is 52.3 Å². The van der Waals surface area contributed by atoms with Crippen LogP contribution < -0.4 is 15.8 Å². The van der Waals surface area contributed by atoms with E-state index >= 15 is 0 Å². The number of hydrogen-bond acceptors (Lipinski definition) is 3. The van der Waals surface area contributed by atoms with Gasteiger partial charge in [0.1, 0.15) is 0 Å². The zero-order chi connectivity index (χ0) is 15.1. The van der Waals surface area contributed by atoms with Crippen molar-refractivity contribution in [3.8, 4) is 11.3 Å². The number of pyridine rings is 1. The highest BCUT2D eigenvalue weighted by atomic mass is 16.1. The maximum Gasteiger partial charge on any atom is 0.248 e. The molecule has 2 atom stereocenters. The molecule has 2 unspecified atom stereocenters. The van der Waals surface area contributed by atoms with Crippen LogP contribution in [0.25, 0.3) is 11.3 Å². The van der Waals surface area contributed by atoms with E-state index in [-0.39, 0.29) is 5.56 Å². The van der Waals surface area contributed by atoms with Crippen molar-refractivity contribution in [2.24, 2.45) is 0 Å². The second-order valence-corrected chi connectivity index (χ2v) is 6.27. The molecule has 2 aliphatic rings. The Hall–Kier alpha value is -2.07. The summed E-state index contributed by atoms with van der Waals surface area (Å²) in [6.07, 6.45) is 2.17. The zero-order valence-electron chi connectivity index (χ0n) is 12.8. The van der Waals surface area contributed by atoms with Gasteiger partial charge in [-0.15, -0.1) is 0 Å². The van der Waals surface area contributed by atoms with Crippen molar-refractivity contribution >= 4 is 5.69 Å². The molecule has 0 radical (unpaired) electrons. The van der Waals surface area contributed by atoms with Crippen molar-refractivity contribution in [2.45, 2.75) is 31.8 Å². The number of aromatic amines is 1. The van der Waals surface area contributed by atoms with Crippen LogP contribution in [0.5, 0.6) is 0 Å². The number of benzene rings is 1. The minimum atomic E-state index is -0.0424. The van der Waals surface area contributed by atoms with Gasteiger partial charge in [0.2, 0.25) is 5.56 Å². The Labute approximate surface area is 130 Å². The highest BCUT2D eigenvalue weighted by Crippen LogP contribution is 2.31. The lowest BCUT2D eigenvalue weighted by atomic mass is 10.0. The van der Waals surface area contributed by atoms with Crippen molar-refractivity contribution in [3.63, 3.8) is 0 Å². The molecule has 4 rings (SSSR count). The first-order chi connectivity index (χ1) is 10.7. The third-order valence-electron chi connectivity index (χ3n) is 4.93. The average Bonchev–Trinajstić information content (AvgIpc) is 3.18. The summed E-state index contributed by atoms with van der Waals surface area (Å²) >= 11 is 0. The van der Waals surface area contributed by atoms with Gasteiger partial charge in [-0.2, -0.15) is 0 Å². The van der Waals surface area contributed by atoms with E-state index < -0.39 is 0 Å². The molecule has 4 nitrogen and oxygen atoms in total. The molecule has 4 heteroatoms. The Balaban J connectivity index is 1.65. The third kappa shape index (κ3) is 2.24. The molecule has 114 valence electrons. The topological polar surface area (TPSA) is 48.1 Å². The summed E-state index contributed by atoms with van der Waals surface area (Å²) in [5.74, 6) is 0. The summed E-state index contributed by atoms with van der Waals surface area (Å²) in [4.78, 5) is 17.1. The summed E-state index contributed by atoms with van der Waals surface area (Å²) < 4.78 is 0. The summed E-state index contributed by atoms with van der Waals surface area (Å²) in [5, 5.41) is 3.53. The molecule has 0 spiro atoms. The number of nitrogens with one attached hydrogen (secondary N) is 2. The van der Waals surface area contributed by atoms with E-state index in [1.165, 1.54) is 17.7 Å². The maximum absolute atomic E-state index is 11.6. The Morgan fingerprint density at radius 2 is 2.00 bits per heavy atom. The smallest absolute Gasteiger partial charge is 0.248 e. The van der Waals surface area contributed by atoms with E-state index in [1.54, 1.807) is 6.07 Å². The molecule has 2 saturated heterocycles. The van der Waals surface area contributed by atoms with Gasteiger partial charge in [-0.1, -0.05) is 25.1 Å². The molecular weight excluding hydrogens is 274 g/mol. The van der Waals surface area contributed by atoms with E-state index in [4.69, 9.17) is 0 Å². The fraction of sp³-hybridized carbons (Fsp3) is 0.389. The monoisotopic (exact) mass is 295 g/mol. The van der Waals surface area contributed by atoms with E-state index in [2.05, 4.69) is 46.4 Å². The molecule has 2 aromatic rings. The number of hydrogen-bond donors (Lipinski definition) is 2. The fourth-order valence-corrected chi connectivity index (χ4v) is 3.75. The number of anilines is 1. The van der Waals surface area contributed by atoms with Gasteiger partial charge in [-0.05, 0) is 36.1 Å². The molecule has 3 heterocycles. The molecule has 0 aliphatic carbocycles. The van der Waals surface area contributed by atoms with Gasteiger partial charge in [0.25, 0.3) is 0 Å². The number of piperazine rings is 1. The molecule has 2 fully saturated rings. The van der Waals surface area contributed by atoms with Gasteiger partial charge in [-0.3, -0.25) is 4.79 Å². The Morgan fingerprint density at radius 1 is 1.18 bits per heavy atom. The molecule has 0 saturated carbocycles. The van der Waals surface area contributed by atoms with Crippen LogP contribution >= 0.6 is 0 Å². The summed E-state index contributed by atoms with van der Waals surface area (Å²) in [6, 6.07) is 13.4. The van der Waals surface area contributed by atoms with Crippen LogP contribution in [-0.4, -0.2) is 30.2 Å². The fourth-order valence-electron chi connectivity index (χ4n) is 3.75. The van der Waals surface area contributed by atoms with Crippen LogP contribution in [0.4, 0.5) is 5.69 Å². The van der Waals surface area contributed by atoms with Crippen LogP contribution in [0, 0.1) is 0 Å². The Kier molecular flexibility index (Phi) is 3.26. The standard InChI is InChI=1S/C18H21N3O/c1-2-12-5-8-17(22)20-18(12)13-3-6-15(7-4-13)21-11-14-9-16(21)10-19-14/h3-8,14,16,19H,2,9-11H2,1H3,(H,20,22). The number of rotatable bonds is 3. The quantitative estimate of drug-likeness (QED) is 0.912. The number of nitrogens with zero attached hydrogens (tertiary/aromatic N) is 1. The van der Waals surface area contributed by atoms with Crippen LogP contribution in [0.2, 0.25) is 0 Å². The molecule has 1 aromatic heterocycles.